The van der Waals surface area contributed by atoms with Gasteiger partial charge in [0.25, 0.3) is 0 Å². The molecule has 0 heterocycles. The number of aliphatic hydroxyl groups is 1. The molecule has 0 radical (unpaired) electrons. The van der Waals surface area contributed by atoms with E-state index in [4.69, 9.17) is 10.8 Å². The highest BCUT2D eigenvalue weighted by atomic mass is 16.3. The summed E-state index contributed by atoms with van der Waals surface area (Å²) >= 11 is 0. The average Bonchev–Trinajstić information content (AvgIpc) is 2.10. The van der Waals surface area contributed by atoms with Crippen LogP contribution in [0.5, 0.6) is 0 Å². The minimum Gasteiger partial charge on any atom is -0.396 e. The molecule has 0 aromatic heterocycles. The van der Waals surface area contributed by atoms with E-state index in [-0.39, 0.29) is 12.1 Å². The molecule has 78 valence electrons. The van der Waals surface area contributed by atoms with Gasteiger partial charge in [-0.3, -0.25) is 0 Å². The van der Waals surface area contributed by atoms with Gasteiger partial charge in [-0.05, 0) is 38.0 Å². The maximum Gasteiger partial charge on any atom is 0.0448 e. The monoisotopic (exact) mass is 185 g/mol. The summed E-state index contributed by atoms with van der Waals surface area (Å²) in [6, 6.07) is 0. The van der Waals surface area contributed by atoms with E-state index >= 15 is 0 Å². The van der Waals surface area contributed by atoms with Gasteiger partial charge < -0.3 is 10.8 Å². The summed E-state index contributed by atoms with van der Waals surface area (Å²) in [4.78, 5) is 0. The van der Waals surface area contributed by atoms with E-state index in [0.29, 0.717) is 0 Å². The standard InChI is InChI=1S/C11H23NO/c1-2-3-10-4-6-11(12,7-5-10)8-9-13/h10,13H,2-9,12H2,1H3. The molecule has 13 heavy (non-hydrogen) atoms. The van der Waals surface area contributed by atoms with Crippen LogP contribution < -0.4 is 5.73 Å². The van der Waals surface area contributed by atoms with Gasteiger partial charge in [-0.25, -0.2) is 0 Å². The lowest BCUT2D eigenvalue weighted by atomic mass is 9.74. The Labute approximate surface area is 81.5 Å². The number of hydrogen-bond donors (Lipinski definition) is 2. The third-order valence-electron chi connectivity index (χ3n) is 3.41. The van der Waals surface area contributed by atoms with Crippen molar-refractivity contribution < 1.29 is 5.11 Å². The van der Waals surface area contributed by atoms with Gasteiger partial charge in [0.2, 0.25) is 0 Å². The lowest BCUT2D eigenvalue weighted by molar-refractivity contribution is 0.172. The van der Waals surface area contributed by atoms with Crippen LogP contribution in [0.2, 0.25) is 0 Å². The van der Waals surface area contributed by atoms with Crippen molar-refractivity contribution in [1.82, 2.24) is 0 Å². The maximum absolute atomic E-state index is 8.87. The number of nitrogens with two attached hydrogens (primary N) is 1. The van der Waals surface area contributed by atoms with Crippen molar-refractivity contribution >= 4 is 0 Å². The van der Waals surface area contributed by atoms with Gasteiger partial charge in [0, 0.05) is 12.1 Å². The smallest absolute Gasteiger partial charge is 0.0448 e. The van der Waals surface area contributed by atoms with Crippen molar-refractivity contribution in [3.8, 4) is 0 Å². The zero-order valence-electron chi connectivity index (χ0n) is 8.76. The molecule has 1 aliphatic carbocycles. The summed E-state index contributed by atoms with van der Waals surface area (Å²) in [5, 5.41) is 8.87. The highest BCUT2D eigenvalue weighted by Crippen LogP contribution is 2.34. The van der Waals surface area contributed by atoms with Gasteiger partial charge in [-0.1, -0.05) is 19.8 Å². The Morgan fingerprint density at radius 1 is 1.38 bits per heavy atom. The fraction of sp³-hybridized carbons (Fsp3) is 1.00. The third-order valence-corrected chi connectivity index (χ3v) is 3.41. The zero-order valence-corrected chi connectivity index (χ0v) is 8.76. The van der Waals surface area contributed by atoms with Crippen molar-refractivity contribution in [3.05, 3.63) is 0 Å². The van der Waals surface area contributed by atoms with E-state index in [0.717, 1.165) is 25.2 Å². The fourth-order valence-corrected chi connectivity index (χ4v) is 2.42. The van der Waals surface area contributed by atoms with Crippen LogP contribution in [0.1, 0.15) is 51.9 Å². The summed E-state index contributed by atoms with van der Waals surface area (Å²) in [7, 11) is 0. The first kappa shape index (κ1) is 11.0. The Bertz CT molecular complexity index is 139. The number of aliphatic hydroxyl groups excluding tert-OH is 1. The third kappa shape index (κ3) is 3.28. The second-order valence-electron chi connectivity index (χ2n) is 4.57. The van der Waals surface area contributed by atoms with E-state index in [1.165, 1.54) is 25.7 Å². The molecule has 1 saturated carbocycles. The lowest BCUT2D eigenvalue weighted by Gasteiger charge is -2.36. The van der Waals surface area contributed by atoms with Crippen molar-refractivity contribution in [2.24, 2.45) is 11.7 Å². The Balaban J connectivity index is 2.28. The van der Waals surface area contributed by atoms with Gasteiger partial charge in [0.1, 0.15) is 0 Å². The van der Waals surface area contributed by atoms with Crippen LogP contribution in [0.15, 0.2) is 0 Å². The molecule has 0 aromatic carbocycles. The summed E-state index contributed by atoms with van der Waals surface area (Å²) in [5.41, 5.74) is 6.13. The second kappa shape index (κ2) is 4.97. The van der Waals surface area contributed by atoms with Gasteiger partial charge >= 0.3 is 0 Å². The number of rotatable bonds is 4. The maximum atomic E-state index is 8.87. The lowest BCUT2D eigenvalue weighted by Crippen LogP contribution is -2.44. The van der Waals surface area contributed by atoms with Crippen molar-refractivity contribution in [2.75, 3.05) is 6.61 Å². The quantitative estimate of drug-likeness (QED) is 0.704. The molecule has 1 aliphatic rings. The van der Waals surface area contributed by atoms with Crippen LogP contribution in [0.3, 0.4) is 0 Å². The molecular weight excluding hydrogens is 162 g/mol. The van der Waals surface area contributed by atoms with Crippen LogP contribution in [0.4, 0.5) is 0 Å². The highest BCUT2D eigenvalue weighted by molar-refractivity contribution is 4.89. The second-order valence-corrected chi connectivity index (χ2v) is 4.57. The molecule has 0 amide bonds. The average molecular weight is 185 g/mol. The van der Waals surface area contributed by atoms with Crippen molar-refractivity contribution in [3.63, 3.8) is 0 Å². The van der Waals surface area contributed by atoms with Gasteiger partial charge in [0.05, 0.1) is 0 Å². The SMILES string of the molecule is CCCC1CCC(N)(CCO)CC1. The normalized spacial score (nSPS) is 34.8. The Kier molecular flexibility index (Phi) is 4.20. The van der Waals surface area contributed by atoms with E-state index in [1.54, 1.807) is 0 Å². The molecule has 1 rings (SSSR count). The first-order valence-corrected chi connectivity index (χ1v) is 5.60. The predicted molar refractivity (Wildman–Crippen MR) is 55.5 cm³/mol. The fourth-order valence-electron chi connectivity index (χ4n) is 2.42. The molecule has 3 N–H and O–H groups in total. The Hall–Kier alpha value is -0.0800. The molecule has 0 unspecified atom stereocenters. The Morgan fingerprint density at radius 2 is 2.00 bits per heavy atom. The zero-order chi connectivity index (χ0) is 9.73. The topological polar surface area (TPSA) is 46.2 Å². The molecule has 0 aromatic rings. The minimum atomic E-state index is -0.0427. The van der Waals surface area contributed by atoms with Crippen LogP contribution in [-0.2, 0) is 0 Å². The molecule has 0 spiro atoms. The molecule has 0 aliphatic heterocycles. The summed E-state index contributed by atoms with van der Waals surface area (Å²) in [6.45, 7) is 2.49. The van der Waals surface area contributed by atoms with Gasteiger partial charge in [-0.2, -0.15) is 0 Å². The highest BCUT2D eigenvalue weighted by Gasteiger charge is 2.30. The Morgan fingerprint density at radius 3 is 2.46 bits per heavy atom. The molecule has 1 fully saturated rings. The molecule has 0 atom stereocenters. The van der Waals surface area contributed by atoms with E-state index < -0.39 is 0 Å². The van der Waals surface area contributed by atoms with E-state index in [1.807, 2.05) is 0 Å². The van der Waals surface area contributed by atoms with Crippen LogP contribution in [0.25, 0.3) is 0 Å². The summed E-state index contributed by atoms with van der Waals surface area (Å²) < 4.78 is 0. The van der Waals surface area contributed by atoms with E-state index in [2.05, 4.69) is 6.92 Å². The first-order chi connectivity index (χ1) is 6.20. The molecular formula is C11H23NO. The van der Waals surface area contributed by atoms with Crippen molar-refractivity contribution in [1.29, 1.82) is 0 Å². The molecule has 2 heteroatoms. The van der Waals surface area contributed by atoms with Gasteiger partial charge in [0.15, 0.2) is 0 Å². The van der Waals surface area contributed by atoms with Crippen LogP contribution >= 0.6 is 0 Å². The molecule has 2 nitrogen and oxygen atoms in total. The summed E-state index contributed by atoms with van der Waals surface area (Å²) in [6.07, 6.45) is 8.19. The minimum absolute atomic E-state index is 0.0427. The largest absolute Gasteiger partial charge is 0.396 e. The predicted octanol–water partition coefficient (Wildman–Crippen LogP) is 2.06. The van der Waals surface area contributed by atoms with Crippen molar-refractivity contribution in [2.45, 2.75) is 57.4 Å². The van der Waals surface area contributed by atoms with Crippen LogP contribution in [0, 0.1) is 5.92 Å². The van der Waals surface area contributed by atoms with Crippen LogP contribution in [-0.4, -0.2) is 17.3 Å². The first-order valence-electron chi connectivity index (χ1n) is 5.60. The molecule has 0 bridgehead atoms. The number of hydrogen-bond acceptors (Lipinski definition) is 2. The van der Waals surface area contributed by atoms with E-state index in [9.17, 15) is 0 Å². The molecule has 0 saturated heterocycles. The summed E-state index contributed by atoms with van der Waals surface area (Å²) in [5.74, 6) is 0.903. The van der Waals surface area contributed by atoms with Gasteiger partial charge in [-0.15, -0.1) is 0 Å².